The van der Waals surface area contributed by atoms with E-state index < -0.39 is 61.9 Å². The summed E-state index contributed by atoms with van der Waals surface area (Å²) in [4.78, 5) is 73.4. The molecule has 1 atom stereocenters. The number of aliphatic carboxylic acids is 4. The van der Waals surface area contributed by atoms with E-state index in [-0.39, 0.29) is 74.7 Å². The molecule has 0 aromatic heterocycles. The normalized spacial score (nSPS) is 11.8. The molecule has 16 heteroatoms. The average molecular weight is 724 g/mol. The minimum Gasteiger partial charge on any atom is -0.549 e. The van der Waals surface area contributed by atoms with Crippen LogP contribution in [0.5, 0.6) is 0 Å². The summed E-state index contributed by atoms with van der Waals surface area (Å²) in [5.41, 5.74) is 5.17. The van der Waals surface area contributed by atoms with Crippen LogP contribution in [-0.2, 0) is 28.8 Å². The van der Waals surface area contributed by atoms with Gasteiger partial charge in [-0.15, -0.1) is 0 Å². The molecule has 0 aromatic carbocycles. The summed E-state index contributed by atoms with van der Waals surface area (Å²) >= 11 is 0. The van der Waals surface area contributed by atoms with Crippen LogP contribution in [0.2, 0.25) is 0 Å². The molecule has 0 bridgehead atoms. The fourth-order valence-corrected chi connectivity index (χ4v) is 5.66. The Hall–Kier alpha value is -2.30. The molecular weight excluding hydrogens is 661 g/mol. The molecule has 0 rings (SSSR count). The molecule has 2 amide bonds. The molecule has 6 N–H and O–H groups in total. The van der Waals surface area contributed by atoms with Crippen molar-refractivity contribution in [1.29, 1.82) is 0 Å². The molecule has 0 heterocycles. The van der Waals surface area contributed by atoms with Gasteiger partial charge in [0.15, 0.2) is 0 Å². The van der Waals surface area contributed by atoms with E-state index in [9.17, 15) is 39.0 Å². The fourth-order valence-electron chi connectivity index (χ4n) is 5.66. The molecule has 0 aliphatic rings. The standard InChI is InChI=1S/C34H63N5O10.Na/c1-2-3-4-5-6-7-8-9-10-11-12-13-14-15-16-17-30(41)36-18-19-37(20-21-38(25-31(42)43)26-32(44)45)22-23-39(27-33(46)47)28(34(48)49)24-29(35)40;/h28H,2-27H2,1H3,(H2,35,40)(H,36,41)(H,42,43)(H,44,45)(H,46,47)(H,48,49);/q;+1/p-1. The van der Waals surface area contributed by atoms with E-state index in [2.05, 4.69) is 12.2 Å². The number of rotatable bonds is 35. The molecule has 1 unspecified atom stereocenters. The molecule has 0 fully saturated rings. The molecule has 0 spiro atoms. The Balaban J connectivity index is 0. The number of amides is 2. The number of nitrogens with two attached hydrogens (primary N) is 1. The molecule has 0 radical (unpaired) electrons. The molecule has 284 valence electrons. The first-order chi connectivity index (χ1) is 23.3. The summed E-state index contributed by atoms with van der Waals surface area (Å²) in [7, 11) is 0. The molecule has 15 nitrogen and oxygen atoms in total. The van der Waals surface area contributed by atoms with Gasteiger partial charge in [-0.1, -0.05) is 96.8 Å². The van der Waals surface area contributed by atoms with Crippen molar-refractivity contribution < 1.29 is 78.8 Å². The van der Waals surface area contributed by atoms with Gasteiger partial charge in [-0.2, -0.15) is 0 Å². The van der Waals surface area contributed by atoms with Crippen LogP contribution in [0.25, 0.3) is 0 Å². The van der Waals surface area contributed by atoms with Crippen molar-refractivity contribution in [1.82, 2.24) is 20.0 Å². The molecule has 50 heavy (non-hydrogen) atoms. The summed E-state index contributed by atoms with van der Waals surface area (Å²) in [5, 5.41) is 42.1. The van der Waals surface area contributed by atoms with Crippen molar-refractivity contribution >= 4 is 35.7 Å². The zero-order valence-electron chi connectivity index (χ0n) is 30.6. The molecule has 0 aromatic rings. The largest absolute Gasteiger partial charge is 1.00 e. The second-order valence-electron chi connectivity index (χ2n) is 12.8. The number of nitrogens with one attached hydrogen (secondary N) is 1. The second-order valence-corrected chi connectivity index (χ2v) is 12.8. The molecule has 0 aliphatic carbocycles. The van der Waals surface area contributed by atoms with Crippen molar-refractivity contribution in [2.45, 2.75) is 122 Å². The van der Waals surface area contributed by atoms with Gasteiger partial charge in [0.05, 0.1) is 25.5 Å². The Bertz CT molecular complexity index is 959. The number of primary amides is 1. The van der Waals surface area contributed by atoms with Crippen LogP contribution in [0.1, 0.15) is 116 Å². The minimum absolute atomic E-state index is 0. The monoisotopic (exact) mass is 723 g/mol. The van der Waals surface area contributed by atoms with Gasteiger partial charge in [0, 0.05) is 52.2 Å². The third kappa shape index (κ3) is 30.5. The summed E-state index contributed by atoms with van der Waals surface area (Å²) < 4.78 is 0. The maximum absolute atomic E-state index is 12.5. The zero-order valence-corrected chi connectivity index (χ0v) is 32.6. The Kier molecular flexibility index (Phi) is 32.5. The van der Waals surface area contributed by atoms with E-state index in [0.29, 0.717) is 6.42 Å². The second kappa shape index (κ2) is 32.6. The van der Waals surface area contributed by atoms with Crippen LogP contribution >= 0.6 is 0 Å². The summed E-state index contributed by atoms with van der Waals surface area (Å²) in [5.74, 6) is -6.47. The smallest absolute Gasteiger partial charge is 0.549 e. The Morgan fingerprint density at radius 3 is 1.50 bits per heavy atom. The number of carbonyl (C=O) groups is 6. The van der Waals surface area contributed by atoms with E-state index in [4.69, 9.17) is 15.9 Å². The van der Waals surface area contributed by atoms with Gasteiger partial charge in [0.1, 0.15) is 6.04 Å². The van der Waals surface area contributed by atoms with E-state index >= 15 is 0 Å². The molecule has 0 saturated carbocycles. The molecule has 0 saturated heterocycles. The van der Waals surface area contributed by atoms with Crippen molar-refractivity contribution in [3.05, 3.63) is 0 Å². The van der Waals surface area contributed by atoms with Crippen LogP contribution in [-0.4, -0.2) is 131 Å². The fraction of sp³-hybridized carbons (Fsp3) is 0.824. The number of nitrogens with zero attached hydrogens (tertiary/aromatic N) is 3. The van der Waals surface area contributed by atoms with Gasteiger partial charge in [-0.05, 0) is 6.42 Å². The van der Waals surface area contributed by atoms with Crippen LogP contribution in [0.4, 0.5) is 0 Å². The van der Waals surface area contributed by atoms with Crippen LogP contribution in [0, 0.1) is 0 Å². The predicted molar refractivity (Wildman–Crippen MR) is 183 cm³/mol. The third-order valence-corrected chi connectivity index (χ3v) is 8.36. The predicted octanol–water partition coefficient (Wildman–Crippen LogP) is -1.48. The van der Waals surface area contributed by atoms with Crippen molar-refractivity contribution in [2.75, 3.05) is 58.9 Å². The number of carbonyl (C=O) groups excluding carboxylic acids is 3. The number of unbranched alkanes of at least 4 members (excludes halogenated alkanes) is 14. The Labute approximate surface area is 320 Å². The van der Waals surface area contributed by atoms with Gasteiger partial charge in [0.2, 0.25) is 11.8 Å². The van der Waals surface area contributed by atoms with Crippen LogP contribution in [0.3, 0.4) is 0 Å². The first-order valence-electron chi connectivity index (χ1n) is 18.0. The molecular formula is C34H62N5NaO10. The average Bonchev–Trinajstić information content (AvgIpc) is 3.01. The van der Waals surface area contributed by atoms with Gasteiger partial charge < -0.3 is 36.3 Å². The SMILES string of the molecule is CCCCCCCCCCCCCCCCCC(=O)NCCN(CCN(CC(=O)O)CC(=O)O)CCN(CC(=O)[O-])C(CC(N)=O)C(=O)O.[Na+]. The molecule has 0 aliphatic heterocycles. The number of hydrogen-bond acceptors (Lipinski definition) is 10. The maximum Gasteiger partial charge on any atom is 1.00 e. The van der Waals surface area contributed by atoms with Crippen LogP contribution < -0.4 is 45.7 Å². The van der Waals surface area contributed by atoms with E-state index in [1.807, 2.05) is 0 Å². The van der Waals surface area contributed by atoms with Gasteiger partial charge in [-0.3, -0.25) is 38.7 Å². The quantitative estimate of drug-likeness (QED) is 0.0371. The van der Waals surface area contributed by atoms with E-state index in [0.717, 1.165) is 30.6 Å². The van der Waals surface area contributed by atoms with E-state index in [1.54, 1.807) is 4.90 Å². The van der Waals surface area contributed by atoms with Crippen molar-refractivity contribution in [2.24, 2.45) is 5.73 Å². The van der Waals surface area contributed by atoms with Crippen molar-refractivity contribution in [3.63, 3.8) is 0 Å². The number of carboxylic acids is 4. The zero-order chi connectivity index (χ0) is 36.9. The van der Waals surface area contributed by atoms with Gasteiger partial charge in [-0.25, -0.2) is 0 Å². The number of hydrogen-bond donors (Lipinski definition) is 5. The third-order valence-electron chi connectivity index (χ3n) is 8.36. The number of carboxylic acid groups (broad SMARTS) is 4. The Morgan fingerprint density at radius 1 is 0.640 bits per heavy atom. The Morgan fingerprint density at radius 2 is 1.08 bits per heavy atom. The summed E-state index contributed by atoms with van der Waals surface area (Å²) in [6.45, 7) is 0.961. The first kappa shape index (κ1) is 49.8. The van der Waals surface area contributed by atoms with Gasteiger partial charge >= 0.3 is 47.5 Å². The maximum atomic E-state index is 12.5. The summed E-state index contributed by atoms with van der Waals surface area (Å²) in [6.07, 6.45) is 18.2. The van der Waals surface area contributed by atoms with Crippen molar-refractivity contribution in [3.8, 4) is 0 Å². The van der Waals surface area contributed by atoms with E-state index in [1.165, 1.54) is 75.5 Å². The first-order valence-corrected chi connectivity index (χ1v) is 18.0. The summed E-state index contributed by atoms with van der Waals surface area (Å²) in [6, 6.07) is -1.51. The topological polar surface area (TPSA) is 234 Å². The minimum atomic E-state index is -1.55. The van der Waals surface area contributed by atoms with Crippen LogP contribution in [0.15, 0.2) is 0 Å². The van der Waals surface area contributed by atoms with Gasteiger partial charge in [0.25, 0.3) is 0 Å².